The van der Waals surface area contributed by atoms with E-state index in [9.17, 15) is 9.59 Å². The highest BCUT2D eigenvalue weighted by molar-refractivity contribution is 5.95. The van der Waals surface area contributed by atoms with E-state index in [1.807, 2.05) is 6.07 Å². The van der Waals surface area contributed by atoms with Crippen LogP contribution in [0.5, 0.6) is 0 Å². The third-order valence-electron chi connectivity index (χ3n) is 3.92. The zero-order valence-electron chi connectivity index (χ0n) is 12.1. The van der Waals surface area contributed by atoms with E-state index in [1.165, 1.54) is 0 Å². The van der Waals surface area contributed by atoms with Gasteiger partial charge in [-0.2, -0.15) is 0 Å². The van der Waals surface area contributed by atoms with Gasteiger partial charge in [0.15, 0.2) is 0 Å². The molecule has 1 saturated heterocycles. The van der Waals surface area contributed by atoms with Gasteiger partial charge in [-0.1, -0.05) is 0 Å². The van der Waals surface area contributed by atoms with Crippen LogP contribution in [0.4, 0.5) is 0 Å². The summed E-state index contributed by atoms with van der Waals surface area (Å²) >= 11 is 0. The fourth-order valence-corrected chi connectivity index (χ4v) is 2.95. The van der Waals surface area contributed by atoms with Gasteiger partial charge in [-0.3, -0.25) is 9.59 Å². The van der Waals surface area contributed by atoms with Gasteiger partial charge in [-0.25, -0.2) is 0 Å². The predicted octanol–water partition coefficient (Wildman–Crippen LogP) is 1.23. The van der Waals surface area contributed by atoms with Crippen LogP contribution < -0.4 is 5.56 Å². The Morgan fingerprint density at radius 3 is 2.90 bits per heavy atom. The minimum absolute atomic E-state index is 0.150. The molecule has 0 radical (unpaired) electrons. The van der Waals surface area contributed by atoms with E-state index in [0.29, 0.717) is 25.4 Å². The van der Waals surface area contributed by atoms with Crippen LogP contribution in [0.15, 0.2) is 10.9 Å². The van der Waals surface area contributed by atoms with Crippen LogP contribution in [-0.2, 0) is 0 Å². The minimum Gasteiger partial charge on any atom is -0.396 e. The monoisotopic (exact) mass is 278 g/mol. The molecule has 5 heteroatoms. The maximum absolute atomic E-state index is 12.5. The summed E-state index contributed by atoms with van der Waals surface area (Å²) in [6, 6.07) is 1.82. The lowest BCUT2D eigenvalue weighted by Crippen LogP contribution is -2.42. The number of hydrogen-bond donors (Lipinski definition) is 2. The number of nitrogens with zero attached hydrogens (tertiary/aromatic N) is 1. The maximum Gasteiger partial charge on any atom is 0.261 e. The SMILES string of the molecule is Cc1cc(C)c(C(=O)N2CCCC(CCO)C2)c(=O)[nH]1. The van der Waals surface area contributed by atoms with Crippen molar-refractivity contribution in [1.29, 1.82) is 0 Å². The van der Waals surface area contributed by atoms with Crippen LogP contribution in [0.1, 0.15) is 40.9 Å². The van der Waals surface area contributed by atoms with Crippen molar-refractivity contribution < 1.29 is 9.90 Å². The zero-order chi connectivity index (χ0) is 14.7. The molecule has 1 aliphatic heterocycles. The topological polar surface area (TPSA) is 73.4 Å². The van der Waals surface area contributed by atoms with Crippen molar-refractivity contribution in [3.63, 3.8) is 0 Å². The van der Waals surface area contributed by atoms with Crippen LogP contribution in [-0.4, -0.2) is 40.6 Å². The number of amides is 1. The van der Waals surface area contributed by atoms with Crippen molar-refractivity contribution in [1.82, 2.24) is 9.88 Å². The van der Waals surface area contributed by atoms with Gasteiger partial charge in [0.25, 0.3) is 11.5 Å². The molecule has 0 bridgehead atoms. The zero-order valence-corrected chi connectivity index (χ0v) is 12.1. The van der Waals surface area contributed by atoms with Gasteiger partial charge in [-0.15, -0.1) is 0 Å². The molecule has 1 aromatic rings. The van der Waals surface area contributed by atoms with E-state index in [4.69, 9.17) is 5.11 Å². The number of aromatic amines is 1. The summed E-state index contributed by atoms with van der Waals surface area (Å²) in [7, 11) is 0. The molecule has 1 amide bonds. The number of aliphatic hydroxyl groups excluding tert-OH is 1. The van der Waals surface area contributed by atoms with Gasteiger partial charge in [0.2, 0.25) is 0 Å². The van der Waals surface area contributed by atoms with Gasteiger partial charge in [0.1, 0.15) is 5.56 Å². The summed E-state index contributed by atoms with van der Waals surface area (Å²) in [5.41, 5.74) is 1.43. The number of H-pyrrole nitrogens is 1. The third kappa shape index (κ3) is 3.10. The van der Waals surface area contributed by atoms with E-state index in [-0.39, 0.29) is 23.6 Å². The number of aryl methyl sites for hydroxylation is 2. The average molecular weight is 278 g/mol. The smallest absolute Gasteiger partial charge is 0.261 e. The van der Waals surface area contributed by atoms with Gasteiger partial charge < -0.3 is 15.0 Å². The number of hydrogen-bond acceptors (Lipinski definition) is 3. The third-order valence-corrected chi connectivity index (χ3v) is 3.92. The van der Waals surface area contributed by atoms with Crippen molar-refractivity contribution in [3.05, 3.63) is 33.2 Å². The van der Waals surface area contributed by atoms with E-state index < -0.39 is 0 Å². The number of likely N-dealkylation sites (tertiary alicyclic amines) is 1. The largest absolute Gasteiger partial charge is 0.396 e. The predicted molar refractivity (Wildman–Crippen MR) is 76.9 cm³/mol. The van der Waals surface area contributed by atoms with E-state index in [2.05, 4.69) is 4.98 Å². The second-order valence-electron chi connectivity index (χ2n) is 5.61. The lowest BCUT2D eigenvalue weighted by molar-refractivity contribution is 0.0651. The molecule has 1 fully saturated rings. The first kappa shape index (κ1) is 14.8. The minimum atomic E-state index is -0.309. The first-order valence-corrected chi connectivity index (χ1v) is 7.13. The van der Waals surface area contributed by atoms with Crippen molar-refractivity contribution in [2.45, 2.75) is 33.1 Å². The summed E-state index contributed by atoms with van der Waals surface area (Å²) in [6.45, 7) is 5.07. The van der Waals surface area contributed by atoms with Crippen molar-refractivity contribution in [2.75, 3.05) is 19.7 Å². The second-order valence-corrected chi connectivity index (χ2v) is 5.61. The normalized spacial score (nSPS) is 19.1. The molecular formula is C15H22N2O3. The number of carbonyl (C=O) groups excluding carboxylic acids is 1. The summed E-state index contributed by atoms with van der Waals surface area (Å²) in [4.78, 5) is 29.0. The number of aliphatic hydroxyl groups is 1. The first-order chi connectivity index (χ1) is 9.52. The molecule has 2 heterocycles. The quantitative estimate of drug-likeness (QED) is 0.873. The van der Waals surface area contributed by atoms with Gasteiger partial charge >= 0.3 is 0 Å². The van der Waals surface area contributed by atoms with Crippen molar-refractivity contribution in [3.8, 4) is 0 Å². The molecule has 1 aliphatic rings. The van der Waals surface area contributed by atoms with E-state index >= 15 is 0 Å². The molecule has 2 rings (SSSR count). The number of carbonyl (C=O) groups is 1. The molecular weight excluding hydrogens is 256 g/mol. The Bertz CT molecular complexity index is 549. The average Bonchev–Trinajstić information content (AvgIpc) is 2.38. The highest BCUT2D eigenvalue weighted by Crippen LogP contribution is 2.21. The number of rotatable bonds is 3. The fraction of sp³-hybridized carbons (Fsp3) is 0.600. The lowest BCUT2D eigenvalue weighted by Gasteiger charge is -2.32. The van der Waals surface area contributed by atoms with Crippen LogP contribution in [0.25, 0.3) is 0 Å². The molecule has 2 N–H and O–H groups in total. The van der Waals surface area contributed by atoms with Crippen molar-refractivity contribution >= 4 is 5.91 Å². The fourth-order valence-electron chi connectivity index (χ4n) is 2.95. The molecule has 1 atom stereocenters. The number of pyridine rings is 1. The molecule has 0 spiro atoms. The first-order valence-electron chi connectivity index (χ1n) is 7.13. The summed E-state index contributed by atoms with van der Waals surface area (Å²) in [5.74, 6) is 0.147. The highest BCUT2D eigenvalue weighted by Gasteiger charge is 2.26. The van der Waals surface area contributed by atoms with Gasteiger partial charge in [0.05, 0.1) is 0 Å². The van der Waals surface area contributed by atoms with Crippen LogP contribution in [0, 0.1) is 19.8 Å². The molecule has 20 heavy (non-hydrogen) atoms. The standard InChI is InChI=1S/C15H22N2O3/c1-10-8-11(2)16-14(19)13(10)15(20)17-6-3-4-12(9-17)5-7-18/h8,12,18H,3-7,9H2,1-2H3,(H,16,19). The Kier molecular flexibility index (Phi) is 4.60. The van der Waals surface area contributed by atoms with Gasteiger partial charge in [0, 0.05) is 25.4 Å². The Labute approximate surface area is 118 Å². The number of aromatic nitrogens is 1. The highest BCUT2D eigenvalue weighted by atomic mass is 16.3. The summed E-state index contributed by atoms with van der Waals surface area (Å²) < 4.78 is 0. The van der Waals surface area contributed by atoms with Gasteiger partial charge in [-0.05, 0) is 50.7 Å². The van der Waals surface area contributed by atoms with E-state index in [1.54, 1.807) is 18.7 Å². The van der Waals surface area contributed by atoms with Crippen LogP contribution >= 0.6 is 0 Å². The summed E-state index contributed by atoms with van der Waals surface area (Å²) in [5, 5.41) is 9.02. The lowest BCUT2D eigenvalue weighted by atomic mass is 9.94. The molecule has 0 aromatic carbocycles. The molecule has 110 valence electrons. The molecule has 5 nitrogen and oxygen atoms in total. The van der Waals surface area contributed by atoms with Crippen LogP contribution in [0.3, 0.4) is 0 Å². The Hall–Kier alpha value is -1.62. The second kappa shape index (κ2) is 6.22. The van der Waals surface area contributed by atoms with Crippen molar-refractivity contribution in [2.24, 2.45) is 5.92 Å². The van der Waals surface area contributed by atoms with E-state index in [0.717, 1.165) is 24.1 Å². The Balaban J connectivity index is 2.21. The summed E-state index contributed by atoms with van der Waals surface area (Å²) in [6.07, 6.45) is 2.68. The maximum atomic E-state index is 12.5. The number of piperidine rings is 1. The molecule has 0 saturated carbocycles. The molecule has 1 aromatic heterocycles. The molecule has 0 aliphatic carbocycles. The number of nitrogens with one attached hydrogen (secondary N) is 1. The Morgan fingerprint density at radius 2 is 2.25 bits per heavy atom. The van der Waals surface area contributed by atoms with Crippen LogP contribution in [0.2, 0.25) is 0 Å². The molecule has 1 unspecified atom stereocenters. The Morgan fingerprint density at radius 1 is 1.50 bits per heavy atom.